The van der Waals surface area contributed by atoms with Gasteiger partial charge in [-0.15, -0.1) is 0 Å². The lowest BCUT2D eigenvalue weighted by molar-refractivity contribution is -0.136. The van der Waals surface area contributed by atoms with Crippen LogP contribution in [0.4, 0.5) is 0 Å². The van der Waals surface area contributed by atoms with Gasteiger partial charge in [0, 0.05) is 0 Å². The number of benzene rings is 2. The van der Waals surface area contributed by atoms with Gasteiger partial charge in [-0.3, -0.25) is 0 Å². The minimum absolute atomic E-state index is 0.178. The fraction of sp³-hybridized carbons (Fsp3) is 0.235. The van der Waals surface area contributed by atoms with Crippen molar-refractivity contribution in [3.8, 4) is 17.2 Å². The zero-order chi connectivity index (χ0) is 15.9. The van der Waals surface area contributed by atoms with E-state index in [-0.39, 0.29) is 6.61 Å². The van der Waals surface area contributed by atoms with Gasteiger partial charge in [0.25, 0.3) is 0 Å². The maximum absolute atomic E-state index is 11.9. The molecule has 0 aliphatic rings. The van der Waals surface area contributed by atoms with Gasteiger partial charge in [0.2, 0.25) is 0 Å². The molecule has 0 bridgehead atoms. The van der Waals surface area contributed by atoms with Gasteiger partial charge in [-0.25, -0.2) is 4.79 Å². The molecule has 0 aliphatic heterocycles. The molecule has 0 atom stereocenters. The Morgan fingerprint density at radius 3 is 2.45 bits per heavy atom. The molecular weight excluding hydrogens is 348 g/mol. The van der Waals surface area contributed by atoms with Crippen LogP contribution in [0.5, 0.6) is 17.2 Å². The van der Waals surface area contributed by atoms with Crippen LogP contribution in [-0.4, -0.2) is 19.2 Å². The summed E-state index contributed by atoms with van der Waals surface area (Å²) in [7, 11) is 0. The normalized spacial score (nSPS) is 10.1. The summed E-state index contributed by atoms with van der Waals surface area (Å²) >= 11 is 3.40. The molecule has 2 aromatic carbocycles. The van der Waals surface area contributed by atoms with Crippen molar-refractivity contribution in [3.63, 3.8) is 0 Å². The fourth-order valence-electron chi connectivity index (χ4n) is 1.82. The van der Waals surface area contributed by atoms with Crippen LogP contribution >= 0.6 is 15.9 Å². The van der Waals surface area contributed by atoms with Gasteiger partial charge in [0.1, 0.15) is 5.75 Å². The zero-order valence-corrected chi connectivity index (χ0v) is 14.1. The second kappa shape index (κ2) is 7.84. The molecule has 116 valence electrons. The Hall–Kier alpha value is -2.01. The first-order valence-corrected chi connectivity index (χ1v) is 7.71. The molecule has 22 heavy (non-hydrogen) atoms. The maximum Gasteiger partial charge on any atom is 0.349 e. The summed E-state index contributed by atoms with van der Waals surface area (Å²) in [5, 5.41) is 0. The van der Waals surface area contributed by atoms with E-state index < -0.39 is 5.97 Å². The van der Waals surface area contributed by atoms with Gasteiger partial charge in [0.05, 0.1) is 11.1 Å². The fourth-order valence-corrected chi connectivity index (χ4v) is 2.43. The molecule has 2 rings (SSSR count). The van der Waals surface area contributed by atoms with E-state index in [1.807, 2.05) is 32.0 Å². The Labute approximate surface area is 138 Å². The quantitative estimate of drug-likeness (QED) is 0.570. The van der Waals surface area contributed by atoms with E-state index in [1.165, 1.54) is 0 Å². The molecular formula is C17H17BrO4. The standard InChI is InChI=1S/C17H17BrO4/c1-3-20-15-6-4-5-7-16(15)22-17(19)11-21-14-9-8-12(2)10-13(14)18/h4-10H,3,11H2,1-2H3. The topological polar surface area (TPSA) is 44.8 Å². The molecule has 0 aliphatic carbocycles. The number of halogens is 1. The Morgan fingerprint density at radius 2 is 1.77 bits per heavy atom. The highest BCUT2D eigenvalue weighted by Gasteiger charge is 2.11. The van der Waals surface area contributed by atoms with Gasteiger partial charge in [-0.1, -0.05) is 18.2 Å². The van der Waals surface area contributed by atoms with Crippen LogP contribution in [0.3, 0.4) is 0 Å². The van der Waals surface area contributed by atoms with Crippen molar-refractivity contribution < 1.29 is 19.0 Å². The summed E-state index contributed by atoms with van der Waals surface area (Å²) in [6, 6.07) is 12.7. The van der Waals surface area contributed by atoms with Gasteiger partial charge >= 0.3 is 5.97 Å². The van der Waals surface area contributed by atoms with Crippen LogP contribution in [0.15, 0.2) is 46.9 Å². The molecule has 0 aromatic heterocycles. The summed E-state index contributed by atoms with van der Waals surface area (Å²) in [5.74, 6) is 1.04. The maximum atomic E-state index is 11.9. The summed E-state index contributed by atoms with van der Waals surface area (Å²) in [4.78, 5) is 11.9. The van der Waals surface area contributed by atoms with E-state index in [4.69, 9.17) is 14.2 Å². The third-order valence-electron chi connectivity index (χ3n) is 2.81. The average molecular weight is 365 g/mol. The predicted octanol–water partition coefficient (Wildman–Crippen LogP) is 4.14. The molecule has 0 spiro atoms. The van der Waals surface area contributed by atoms with Crippen molar-refractivity contribution >= 4 is 21.9 Å². The third-order valence-corrected chi connectivity index (χ3v) is 3.43. The van der Waals surface area contributed by atoms with Gasteiger partial charge in [-0.05, 0) is 59.6 Å². The number of ether oxygens (including phenoxy) is 3. The molecule has 0 saturated heterocycles. The van der Waals surface area contributed by atoms with Crippen molar-refractivity contribution in [2.75, 3.05) is 13.2 Å². The molecule has 0 heterocycles. The van der Waals surface area contributed by atoms with Crippen molar-refractivity contribution in [1.82, 2.24) is 0 Å². The van der Waals surface area contributed by atoms with Crippen LogP contribution < -0.4 is 14.2 Å². The van der Waals surface area contributed by atoms with Crippen LogP contribution in [0.25, 0.3) is 0 Å². The van der Waals surface area contributed by atoms with E-state index in [0.29, 0.717) is 23.9 Å². The second-order valence-corrected chi connectivity index (χ2v) is 5.43. The number of hydrogen-bond donors (Lipinski definition) is 0. The number of hydrogen-bond acceptors (Lipinski definition) is 4. The van der Waals surface area contributed by atoms with Crippen LogP contribution in [0.2, 0.25) is 0 Å². The van der Waals surface area contributed by atoms with Gasteiger partial charge < -0.3 is 14.2 Å². The van der Waals surface area contributed by atoms with Crippen molar-refractivity contribution in [2.45, 2.75) is 13.8 Å². The summed E-state index contributed by atoms with van der Waals surface area (Å²) in [5.41, 5.74) is 1.10. The molecule has 4 nitrogen and oxygen atoms in total. The number of esters is 1. The highest BCUT2D eigenvalue weighted by Crippen LogP contribution is 2.27. The Morgan fingerprint density at radius 1 is 1.05 bits per heavy atom. The minimum atomic E-state index is -0.486. The SMILES string of the molecule is CCOc1ccccc1OC(=O)COc1ccc(C)cc1Br. The smallest absolute Gasteiger partial charge is 0.349 e. The molecule has 0 amide bonds. The molecule has 0 radical (unpaired) electrons. The number of aryl methyl sites for hydroxylation is 1. The average Bonchev–Trinajstić information content (AvgIpc) is 2.48. The van der Waals surface area contributed by atoms with Crippen LogP contribution in [0, 0.1) is 6.92 Å². The second-order valence-electron chi connectivity index (χ2n) is 4.58. The number of para-hydroxylation sites is 2. The molecule has 2 aromatic rings. The lowest BCUT2D eigenvalue weighted by Gasteiger charge is -2.11. The first kappa shape index (κ1) is 16.4. The molecule has 0 N–H and O–H groups in total. The van der Waals surface area contributed by atoms with E-state index in [0.717, 1.165) is 10.0 Å². The van der Waals surface area contributed by atoms with E-state index in [2.05, 4.69) is 15.9 Å². The van der Waals surface area contributed by atoms with E-state index in [1.54, 1.807) is 24.3 Å². The Balaban J connectivity index is 1.96. The largest absolute Gasteiger partial charge is 0.490 e. The van der Waals surface area contributed by atoms with Crippen molar-refractivity contribution in [2.24, 2.45) is 0 Å². The predicted molar refractivity (Wildman–Crippen MR) is 87.6 cm³/mol. The Bertz CT molecular complexity index is 655. The minimum Gasteiger partial charge on any atom is -0.490 e. The first-order chi connectivity index (χ1) is 10.6. The molecule has 0 unspecified atom stereocenters. The molecule has 0 fully saturated rings. The summed E-state index contributed by atoms with van der Waals surface area (Å²) in [6.45, 7) is 4.17. The lowest BCUT2D eigenvalue weighted by atomic mass is 10.2. The monoisotopic (exact) mass is 364 g/mol. The number of rotatable bonds is 6. The zero-order valence-electron chi connectivity index (χ0n) is 12.5. The van der Waals surface area contributed by atoms with Gasteiger partial charge in [-0.2, -0.15) is 0 Å². The van der Waals surface area contributed by atoms with Gasteiger partial charge in [0.15, 0.2) is 18.1 Å². The number of carbonyl (C=O) groups is 1. The molecule has 5 heteroatoms. The Kier molecular flexibility index (Phi) is 5.83. The highest BCUT2D eigenvalue weighted by atomic mass is 79.9. The highest BCUT2D eigenvalue weighted by molar-refractivity contribution is 9.10. The van der Waals surface area contributed by atoms with Crippen LogP contribution in [0.1, 0.15) is 12.5 Å². The van der Waals surface area contributed by atoms with Crippen LogP contribution in [-0.2, 0) is 4.79 Å². The summed E-state index contributed by atoms with van der Waals surface area (Å²) < 4.78 is 17.0. The number of carbonyl (C=O) groups excluding carboxylic acids is 1. The van der Waals surface area contributed by atoms with E-state index in [9.17, 15) is 4.79 Å². The van der Waals surface area contributed by atoms with Crippen molar-refractivity contribution in [1.29, 1.82) is 0 Å². The third kappa shape index (κ3) is 4.49. The molecule has 0 saturated carbocycles. The van der Waals surface area contributed by atoms with E-state index >= 15 is 0 Å². The van der Waals surface area contributed by atoms with Crippen molar-refractivity contribution in [3.05, 3.63) is 52.5 Å². The lowest BCUT2D eigenvalue weighted by Crippen LogP contribution is -2.18. The summed E-state index contributed by atoms with van der Waals surface area (Å²) in [6.07, 6.45) is 0. The first-order valence-electron chi connectivity index (χ1n) is 6.91.